The zero-order chi connectivity index (χ0) is 50.9. The summed E-state index contributed by atoms with van der Waals surface area (Å²) in [5.41, 5.74) is 28.4. The van der Waals surface area contributed by atoms with Gasteiger partial charge in [-0.2, -0.15) is 18.3 Å². The highest BCUT2D eigenvalue weighted by Crippen LogP contribution is 2.54. The molecule has 0 saturated heterocycles. The van der Waals surface area contributed by atoms with Crippen LogP contribution in [-0.2, 0) is 11.8 Å². The van der Waals surface area contributed by atoms with Crippen LogP contribution in [0.25, 0.3) is 45.6 Å². The molecule has 16 heterocycles. The first kappa shape index (κ1) is 43.2. The summed E-state index contributed by atoms with van der Waals surface area (Å²) in [4.78, 5) is 1.27. The Bertz CT molecular complexity index is 4990. The van der Waals surface area contributed by atoms with Crippen LogP contribution < -0.4 is 21.4 Å². The smallest absolute Gasteiger partial charge is 0.199 e. The highest BCUT2D eigenvalue weighted by molar-refractivity contribution is 7.98. The second-order valence-electron chi connectivity index (χ2n) is 23.0. The monoisotopic (exact) mass is 1020 g/mol. The predicted octanol–water partition coefficient (Wildman–Crippen LogP) is 8.86. The summed E-state index contributed by atoms with van der Waals surface area (Å²) in [6, 6.07) is 45.7. The first-order valence-corrected chi connectivity index (χ1v) is 28.2. The molecule has 19 rings (SSSR count). The van der Waals surface area contributed by atoms with Gasteiger partial charge >= 0.3 is 11.8 Å². The molecule has 7 aromatic rings. The van der Waals surface area contributed by atoms with Crippen LogP contribution in [0.15, 0.2) is 185 Å². The molecule has 9 heteroatoms. The summed E-state index contributed by atoms with van der Waals surface area (Å²) in [6.07, 6.45) is 22.1. The van der Waals surface area contributed by atoms with Crippen LogP contribution in [0.4, 0.5) is 0 Å². The van der Waals surface area contributed by atoms with Crippen molar-refractivity contribution in [1.29, 1.82) is 0 Å². The third-order valence-electron chi connectivity index (χ3n) is 19.0. The quantitative estimate of drug-likeness (QED) is 0.0987. The van der Waals surface area contributed by atoms with Crippen molar-refractivity contribution in [3.05, 3.63) is 253 Å². The molecule has 0 fully saturated rings. The van der Waals surface area contributed by atoms with Crippen LogP contribution in [-0.4, -0.2) is 65.7 Å². The molecule has 2 spiro atoms. The van der Waals surface area contributed by atoms with E-state index in [1.54, 1.807) is 11.8 Å². The van der Waals surface area contributed by atoms with Crippen molar-refractivity contribution in [2.75, 3.05) is 6.26 Å². The summed E-state index contributed by atoms with van der Waals surface area (Å²) in [6.45, 7) is 11.7. The van der Waals surface area contributed by atoms with E-state index in [0.717, 1.165) is 17.5 Å². The Labute approximate surface area is 455 Å². The number of hydrogen-bond acceptors (Lipinski definition) is 1. The Morgan fingerprint density at radius 3 is 1.65 bits per heavy atom. The van der Waals surface area contributed by atoms with Crippen molar-refractivity contribution in [3.63, 3.8) is 0 Å². The number of aromatic nitrogens is 4. The summed E-state index contributed by atoms with van der Waals surface area (Å²) in [5, 5.41) is 4.92. The SMILES string of the molecule is C.CSc1ccc(C2=C3C=CC4=[N+]3C35n6c(ccc62)C(C)=C2C=CC(=[N+]23)C(c2ccc(C#Cc3ccc(C6=c7ccc8n7C79n%10c(ccc%10C(C)=C%10C=CC6=[N+]%107)C=C6[N+]9=C(C=8)CC6(C)C)cc3)cc2)=c2ccc(n25)=C4C)cc1. The van der Waals surface area contributed by atoms with E-state index < -0.39 is 11.8 Å². The maximum atomic E-state index is 3.55. The molecule has 78 heavy (non-hydrogen) atoms. The Morgan fingerprint density at radius 1 is 0.462 bits per heavy atom. The molecule has 0 radical (unpaired) electrons. The highest BCUT2D eigenvalue weighted by Gasteiger charge is 2.74. The minimum atomic E-state index is -0.713. The van der Waals surface area contributed by atoms with Gasteiger partial charge in [-0.15, -0.1) is 11.8 Å². The second kappa shape index (κ2) is 13.8. The molecule has 12 aliphatic rings. The van der Waals surface area contributed by atoms with E-state index in [2.05, 4.69) is 259 Å². The van der Waals surface area contributed by atoms with E-state index in [9.17, 15) is 0 Å². The normalized spacial score (nSPS) is 23.1. The van der Waals surface area contributed by atoms with Gasteiger partial charge in [-0.3, -0.25) is 0 Å². The van der Waals surface area contributed by atoms with Gasteiger partial charge in [0.15, 0.2) is 5.71 Å². The Balaban J connectivity index is 0.00000475. The summed E-state index contributed by atoms with van der Waals surface area (Å²) < 4.78 is 21.1. The van der Waals surface area contributed by atoms with E-state index in [-0.39, 0.29) is 12.8 Å². The predicted molar refractivity (Wildman–Crippen MR) is 311 cm³/mol. The molecule has 0 N–H and O–H groups in total. The number of allylic oxidation sites excluding steroid dienone is 9. The number of rotatable bonds is 4. The zero-order valence-electron chi connectivity index (χ0n) is 43.4. The largest absolute Gasteiger partial charge is 0.553 e. The number of thioether (sulfide) groups is 1. The first-order valence-electron chi connectivity index (χ1n) is 26.9. The molecule has 2 unspecified atom stereocenters. The Hall–Kier alpha value is -8.97. The molecule has 4 aromatic heterocycles. The lowest BCUT2D eigenvalue weighted by atomic mass is 9.86. The molecule has 2 atom stereocenters. The minimum absolute atomic E-state index is 0. The molecular weight excluding hydrogens is 973 g/mol. The fraction of sp³-hybridized carbons (Fsp3) is 0.159. The zero-order valence-corrected chi connectivity index (χ0v) is 44.2. The molecule has 8 nitrogen and oxygen atoms in total. The van der Waals surface area contributed by atoms with E-state index in [1.807, 2.05) is 0 Å². The summed E-state index contributed by atoms with van der Waals surface area (Å²) in [5.74, 6) is 5.79. The van der Waals surface area contributed by atoms with Crippen LogP contribution in [0, 0.1) is 17.3 Å². The summed E-state index contributed by atoms with van der Waals surface area (Å²) >= 11 is 1.78. The van der Waals surface area contributed by atoms with Crippen molar-refractivity contribution in [3.8, 4) is 11.8 Å². The molecule has 0 aliphatic carbocycles. The Kier molecular flexibility index (Phi) is 7.62. The molecule has 0 bridgehead atoms. The molecule has 0 saturated carbocycles. The van der Waals surface area contributed by atoms with Gasteiger partial charge in [0, 0.05) is 87.8 Å². The van der Waals surface area contributed by atoms with Gasteiger partial charge in [0.05, 0.1) is 66.3 Å². The van der Waals surface area contributed by atoms with Crippen LogP contribution in [0.5, 0.6) is 0 Å². The summed E-state index contributed by atoms with van der Waals surface area (Å²) in [7, 11) is 0. The van der Waals surface area contributed by atoms with Gasteiger partial charge in [0.25, 0.3) is 0 Å². The fourth-order valence-corrected chi connectivity index (χ4v) is 16.3. The van der Waals surface area contributed by atoms with Gasteiger partial charge in [-0.05, 0) is 142 Å². The number of hydrogen-bond donors (Lipinski definition) is 0. The fourth-order valence-electron chi connectivity index (χ4n) is 15.9. The van der Waals surface area contributed by atoms with E-state index >= 15 is 0 Å². The first-order chi connectivity index (χ1) is 37.6. The Morgan fingerprint density at radius 2 is 0.987 bits per heavy atom. The van der Waals surface area contributed by atoms with Crippen molar-refractivity contribution in [2.45, 2.75) is 65.2 Å². The van der Waals surface area contributed by atoms with Crippen molar-refractivity contribution in [2.24, 2.45) is 5.41 Å². The molecule has 3 aromatic carbocycles. The highest BCUT2D eigenvalue weighted by atomic mass is 32.2. The standard InChI is InChI=1S/C68H48N8S.CH4/c1-38-50-23-19-47-36-62-66(4,5)37-48-35-46-20-24-56-63(57-30-25-51(38)72(57)67(69(47)50,70(46)56)71(48)62)43-13-9-41(10-14-43)7-8-42-11-15-44(16-12-42)64-58-31-26-52-39(2)54-28-33-60-65(45-17-21-49(77-6)22-18-45)61-34-29-55-40(3)53-27-32-59(64)74(53)68(73(52)58,75(54)60)76(55)61;/h9-36H,37H2,1-6H3;1H4/q+4;. The number of benzene rings is 3. The lowest BCUT2D eigenvalue weighted by Crippen LogP contribution is -2.71. The molecule has 0 amide bonds. The average molecular weight is 1030 g/mol. The molecule has 12 aliphatic heterocycles. The average Bonchev–Trinajstić information content (AvgIpc) is 2.11. The molecular formula is C69H52N8S+4. The molecule has 370 valence electrons. The van der Waals surface area contributed by atoms with Gasteiger partial charge in [-0.25, -0.2) is 0 Å². The van der Waals surface area contributed by atoms with Crippen molar-refractivity contribution >= 4 is 80.2 Å². The van der Waals surface area contributed by atoms with Crippen LogP contribution in [0.3, 0.4) is 0 Å². The topological polar surface area (TPSA) is 31.8 Å². The lowest BCUT2D eigenvalue weighted by Gasteiger charge is -2.40. The lowest BCUT2D eigenvalue weighted by molar-refractivity contribution is -0.837. The van der Waals surface area contributed by atoms with Gasteiger partial charge < -0.3 is 0 Å². The third kappa shape index (κ3) is 4.53. The van der Waals surface area contributed by atoms with Gasteiger partial charge in [0.1, 0.15) is 0 Å². The van der Waals surface area contributed by atoms with Crippen molar-refractivity contribution in [1.82, 2.24) is 18.3 Å². The van der Waals surface area contributed by atoms with Gasteiger partial charge in [0.2, 0.25) is 39.9 Å². The maximum Gasteiger partial charge on any atom is 0.553 e. The van der Waals surface area contributed by atoms with Crippen LogP contribution in [0.1, 0.15) is 99.1 Å². The number of nitrogens with zero attached hydrogens (tertiary/aromatic N) is 8. The van der Waals surface area contributed by atoms with E-state index in [4.69, 9.17) is 0 Å². The van der Waals surface area contributed by atoms with Crippen LogP contribution >= 0.6 is 11.8 Å². The van der Waals surface area contributed by atoms with Crippen LogP contribution in [0.2, 0.25) is 0 Å². The second-order valence-corrected chi connectivity index (χ2v) is 23.9. The van der Waals surface area contributed by atoms with Gasteiger partial charge in [-0.1, -0.05) is 74.0 Å². The van der Waals surface area contributed by atoms with E-state index in [1.165, 1.54) is 145 Å². The van der Waals surface area contributed by atoms with E-state index in [0.29, 0.717) is 0 Å². The van der Waals surface area contributed by atoms with Crippen molar-refractivity contribution < 1.29 is 18.3 Å². The third-order valence-corrected chi connectivity index (χ3v) is 19.7. The minimum Gasteiger partial charge on any atom is -0.199 e. The maximum absolute atomic E-state index is 3.55.